The van der Waals surface area contributed by atoms with Gasteiger partial charge in [-0.05, 0) is 31.4 Å². The Morgan fingerprint density at radius 3 is 2.67 bits per heavy atom. The molecule has 3 rings (SSSR count). The van der Waals surface area contributed by atoms with E-state index in [0.717, 1.165) is 45.1 Å². The van der Waals surface area contributed by atoms with E-state index >= 15 is 0 Å². The summed E-state index contributed by atoms with van der Waals surface area (Å²) in [5.41, 5.74) is 2.41. The zero-order valence-electron chi connectivity index (χ0n) is 10.6. The summed E-state index contributed by atoms with van der Waals surface area (Å²) in [5.74, 6) is 1.05. The van der Waals surface area contributed by atoms with E-state index in [1.54, 1.807) is 0 Å². The number of hydrogen-bond donors (Lipinski definition) is 0. The van der Waals surface area contributed by atoms with E-state index in [0.29, 0.717) is 0 Å². The molecule has 0 atom stereocenters. The number of rotatable bonds is 2. The van der Waals surface area contributed by atoms with E-state index in [1.807, 2.05) is 6.20 Å². The predicted octanol–water partition coefficient (Wildman–Crippen LogP) is 1.89. The van der Waals surface area contributed by atoms with Crippen molar-refractivity contribution in [1.29, 1.82) is 0 Å². The minimum Gasteiger partial charge on any atom is -0.378 e. The van der Waals surface area contributed by atoms with Crippen LogP contribution in [0.4, 0.5) is 5.82 Å². The highest BCUT2D eigenvalue weighted by Crippen LogP contribution is 2.17. The van der Waals surface area contributed by atoms with Gasteiger partial charge in [-0.1, -0.05) is 0 Å². The Morgan fingerprint density at radius 1 is 1.11 bits per heavy atom. The van der Waals surface area contributed by atoms with Gasteiger partial charge in [0.15, 0.2) is 0 Å². The van der Waals surface area contributed by atoms with Crippen molar-refractivity contribution in [3.05, 3.63) is 23.9 Å². The maximum Gasteiger partial charge on any atom is 0.128 e. The normalized spacial score (nSPS) is 20.7. The molecule has 1 fully saturated rings. The van der Waals surface area contributed by atoms with Gasteiger partial charge >= 0.3 is 0 Å². The van der Waals surface area contributed by atoms with Crippen molar-refractivity contribution in [3.63, 3.8) is 0 Å². The van der Waals surface area contributed by atoms with Crippen LogP contribution in [0.25, 0.3) is 0 Å². The van der Waals surface area contributed by atoms with Gasteiger partial charge in [0.1, 0.15) is 5.82 Å². The summed E-state index contributed by atoms with van der Waals surface area (Å²) in [5, 5.41) is 0. The van der Waals surface area contributed by atoms with Crippen LogP contribution in [0.2, 0.25) is 0 Å². The first-order valence-corrected chi connectivity index (χ1v) is 6.76. The first-order valence-electron chi connectivity index (χ1n) is 6.76. The Morgan fingerprint density at radius 2 is 2.00 bits per heavy atom. The molecule has 1 aromatic heterocycles. The number of ether oxygens (including phenoxy) is 1. The van der Waals surface area contributed by atoms with Gasteiger partial charge in [-0.3, -0.25) is 4.99 Å². The minimum atomic E-state index is 0.802. The van der Waals surface area contributed by atoms with Crippen molar-refractivity contribution in [2.24, 2.45) is 4.99 Å². The highest BCUT2D eigenvalue weighted by atomic mass is 16.5. The Bertz CT molecular complexity index is 421. The average Bonchev–Trinajstić information content (AvgIpc) is 2.49. The lowest BCUT2D eigenvalue weighted by molar-refractivity contribution is 0.122. The molecule has 0 saturated carbocycles. The monoisotopic (exact) mass is 245 g/mol. The second-order valence-corrected chi connectivity index (χ2v) is 4.79. The first-order chi connectivity index (χ1) is 8.93. The topological polar surface area (TPSA) is 37.7 Å². The Hall–Kier alpha value is -1.42. The fraction of sp³-hybridized carbons (Fsp3) is 0.571. The minimum absolute atomic E-state index is 0.802. The summed E-state index contributed by atoms with van der Waals surface area (Å²) in [6, 6.07) is 4.26. The fourth-order valence-corrected chi connectivity index (χ4v) is 2.47. The van der Waals surface area contributed by atoms with Crippen molar-refractivity contribution >= 4 is 11.5 Å². The van der Waals surface area contributed by atoms with Crippen molar-refractivity contribution in [2.45, 2.75) is 19.3 Å². The van der Waals surface area contributed by atoms with Crippen LogP contribution >= 0.6 is 0 Å². The fourth-order valence-electron chi connectivity index (χ4n) is 2.47. The smallest absolute Gasteiger partial charge is 0.128 e. The van der Waals surface area contributed by atoms with Gasteiger partial charge in [0, 0.05) is 37.1 Å². The van der Waals surface area contributed by atoms with Gasteiger partial charge < -0.3 is 9.64 Å². The van der Waals surface area contributed by atoms with E-state index < -0.39 is 0 Å². The third kappa shape index (κ3) is 2.53. The molecular weight excluding hydrogens is 226 g/mol. The quantitative estimate of drug-likeness (QED) is 0.798. The second-order valence-electron chi connectivity index (χ2n) is 4.79. The zero-order valence-corrected chi connectivity index (χ0v) is 10.6. The van der Waals surface area contributed by atoms with E-state index in [9.17, 15) is 0 Å². The SMILES string of the molecule is c1cc(N2CCOCC2)ncc1C1=NCCCC1. The molecule has 96 valence electrons. The molecule has 0 spiro atoms. The van der Waals surface area contributed by atoms with Crippen LogP contribution in [0.15, 0.2) is 23.3 Å². The first kappa shape index (κ1) is 11.7. The third-order valence-corrected chi connectivity index (χ3v) is 3.54. The number of anilines is 1. The maximum atomic E-state index is 5.35. The summed E-state index contributed by atoms with van der Waals surface area (Å²) >= 11 is 0. The van der Waals surface area contributed by atoms with Gasteiger partial charge in [-0.2, -0.15) is 0 Å². The molecule has 2 aliphatic rings. The Balaban J connectivity index is 1.73. The highest BCUT2D eigenvalue weighted by Gasteiger charge is 2.13. The third-order valence-electron chi connectivity index (χ3n) is 3.54. The van der Waals surface area contributed by atoms with Crippen molar-refractivity contribution < 1.29 is 4.74 Å². The number of pyridine rings is 1. The molecule has 0 aromatic carbocycles. The van der Waals surface area contributed by atoms with Crippen LogP contribution in [-0.4, -0.2) is 43.5 Å². The molecule has 1 aromatic rings. The van der Waals surface area contributed by atoms with E-state index in [-0.39, 0.29) is 0 Å². The molecule has 0 unspecified atom stereocenters. The van der Waals surface area contributed by atoms with Gasteiger partial charge in [0.2, 0.25) is 0 Å². The number of aromatic nitrogens is 1. The lowest BCUT2D eigenvalue weighted by Crippen LogP contribution is -2.36. The van der Waals surface area contributed by atoms with Crippen LogP contribution in [0.1, 0.15) is 24.8 Å². The Labute approximate surface area is 108 Å². The molecule has 0 amide bonds. The van der Waals surface area contributed by atoms with Crippen molar-refractivity contribution in [3.8, 4) is 0 Å². The van der Waals surface area contributed by atoms with Crippen LogP contribution in [0.3, 0.4) is 0 Å². The summed E-state index contributed by atoms with van der Waals surface area (Å²) in [7, 11) is 0. The van der Waals surface area contributed by atoms with Crippen LogP contribution in [-0.2, 0) is 4.74 Å². The second kappa shape index (κ2) is 5.48. The molecular formula is C14H19N3O. The van der Waals surface area contributed by atoms with Crippen molar-refractivity contribution in [1.82, 2.24) is 4.98 Å². The van der Waals surface area contributed by atoms with Crippen LogP contribution < -0.4 is 4.90 Å². The summed E-state index contributed by atoms with van der Waals surface area (Å²) in [4.78, 5) is 11.4. The van der Waals surface area contributed by atoms with E-state index in [4.69, 9.17) is 4.74 Å². The molecule has 2 aliphatic heterocycles. The molecule has 3 heterocycles. The standard InChI is InChI=1S/C14H19N3O/c1-2-6-15-13(3-1)12-4-5-14(16-11-12)17-7-9-18-10-8-17/h4-5,11H,1-3,6-10H2. The molecule has 1 saturated heterocycles. The lowest BCUT2D eigenvalue weighted by Gasteiger charge is -2.27. The van der Waals surface area contributed by atoms with E-state index in [1.165, 1.54) is 24.1 Å². The van der Waals surface area contributed by atoms with Gasteiger partial charge in [-0.15, -0.1) is 0 Å². The molecule has 0 radical (unpaired) electrons. The molecule has 0 N–H and O–H groups in total. The van der Waals surface area contributed by atoms with Gasteiger partial charge in [0.05, 0.1) is 13.2 Å². The number of hydrogen-bond acceptors (Lipinski definition) is 4. The number of nitrogens with zero attached hydrogens (tertiary/aromatic N) is 3. The van der Waals surface area contributed by atoms with Crippen molar-refractivity contribution in [2.75, 3.05) is 37.7 Å². The van der Waals surface area contributed by atoms with Gasteiger partial charge in [0.25, 0.3) is 0 Å². The molecule has 4 heteroatoms. The van der Waals surface area contributed by atoms with E-state index in [2.05, 4.69) is 27.0 Å². The van der Waals surface area contributed by atoms with Crippen LogP contribution in [0, 0.1) is 0 Å². The van der Waals surface area contributed by atoms with Gasteiger partial charge in [-0.25, -0.2) is 4.98 Å². The molecule has 18 heavy (non-hydrogen) atoms. The summed E-state index contributed by atoms with van der Waals surface area (Å²) in [6.07, 6.45) is 5.54. The largest absolute Gasteiger partial charge is 0.378 e. The zero-order chi connectivity index (χ0) is 12.2. The maximum absolute atomic E-state index is 5.35. The molecule has 4 nitrogen and oxygen atoms in total. The number of aliphatic imine (C=N–C) groups is 1. The summed E-state index contributed by atoms with van der Waals surface area (Å²) in [6.45, 7) is 4.45. The Kier molecular flexibility index (Phi) is 3.55. The summed E-state index contributed by atoms with van der Waals surface area (Å²) < 4.78 is 5.35. The average molecular weight is 245 g/mol. The lowest BCUT2D eigenvalue weighted by atomic mass is 10.0. The predicted molar refractivity (Wildman–Crippen MR) is 72.5 cm³/mol. The molecule has 0 bridgehead atoms. The molecule has 0 aliphatic carbocycles. The highest BCUT2D eigenvalue weighted by molar-refractivity contribution is 6.00. The number of morpholine rings is 1. The van der Waals surface area contributed by atoms with Crippen LogP contribution in [0.5, 0.6) is 0 Å².